The lowest BCUT2D eigenvalue weighted by Gasteiger charge is -2.42. The molecule has 0 aromatic carbocycles. The van der Waals surface area contributed by atoms with Crippen molar-refractivity contribution >= 4 is 44.9 Å². The molecular weight excluding hydrogens is 239 g/mol. The fourth-order valence-electron chi connectivity index (χ4n) is 1.45. The first-order chi connectivity index (χ1) is 4.52. The Balaban J connectivity index is 2.29. The third kappa shape index (κ3) is 0.590. The van der Waals surface area contributed by atoms with Gasteiger partial charge >= 0.3 is 0 Å². The Morgan fingerprint density at radius 1 is 1.50 bits per heavy atom. The smallest absolute Gasteiger partial charge is 0.189 e. The van der Waals surface area contributed by atoms with Crippen molar-refractivity contribution in [1.82, 2.24) is 0 Å². The fourth-order valence-corrected chi connectivity index (χ4v) is 3.11. The van der Waals surface area contributed by atoms with E-state index in [1.54, 1.807) is 0 Å². The molecule has 0 radical (unpaired) electrons. The first-order valence-electron chi connectivity index (χ1n) is 3.08. The number of alkyl halides is 3. The van der Waals surface area contributed by atoms with Gasteiger partial charge in [0.05, 0.1) is 4.83 Å². The highest BCUT2D eigenvalue weighted by molar-refractivity contribution is 9.09. The first-order valence-corrected chi connectivity index (χ1v) is 4.76. The summed E-state index contributed by atoms with van der Waals surface area (Å²) in [5, 5.41) is 0. The van der Waals surface area contributed by atoms with Gasteiger partial charge < -0.3 is 0 Å². The molecule has 0 amide bonds. The van der Waals surface area contributed by atoms with Crippen LogP contribution in [-0.2, 0) is 4.79 Å². The minimum absolute atomic E-state index is 0.00482. The molecule has 0 aromatic heterocycles. The van der Waals surface area contributed by atoms with Crippen molar-refractivity contribution < 1.29 is 4.79 Å². The molecule has 2 fully saturated rings. The molecule has 56 valence electrons. The number of Topliss-reactive ketones (excluding diaryl/α,β-unsaturated/α-hetero) is 1. The minimum atomic E-state index is -1.14. The largest absolute Gasteiger partial charge is 0.296 e. The highest BCUT2D eigenvalue weighted by atomic mass is 79.9. The maximum absolute atomic E-state index is 11.2. The zero-order valence-corrected chi connectivity index (χ0v) is 8.13. The molecule has 0 aromatic rings. The molecule has 2 rings (SSSR count). The second-order valence-electron chi connectivity index (χ2n) is 2.97. The molecule has 0 aliphatic heterocycles. The van der Waals surface area contributed by atoms with Crippen LogP contribution >= 0.6 is 39.1 Å². The number of carbonyl (C=O) groups is 1. The number of hydrogen-bond donors (Lipinski definition) is 0. The predicted octanol–water partition coefficient (Wildman–Crippen LogP) is 2.29. The van der Waals surface area contributed by atoms with Gasteiger partial charge in [0.15, 0.2) is 10.1 Å². The average molecular weight is 244 g/mol. The molecule has 1 atom stereocenters. The van der Waals surface area contributed by atoms with Crippen molar-refractivity contribution in [3.63, 3.8) is 0 Å². The van der Waals surface area contributed by atoms with E-state index in [9.17, 15) is 4.79 Å². The van der Waals surface area contributed by atoms with Crippen molar-refractivity contribution in [1.29, 1.82) is 0 Å². The van der Waals surface area contributed by atoms with Gasteiger partial charge in [-0.25, -0.2) is 0 Å². The van der Waals surface area contributed by atoms with Crippen molar-refractivity contribution in [2.24, 2.45) is 5.41 Å². The summed E-state index contributed by atoms with van der Waals surface area (Å²) < 4.78 is -1.14. The number of rotatable bonds is 0. The van der Waals surface area contributed by atoms with Crippen LogP contribution in [0, 0.1) is 5.41 Å². The molecule has 1 nitrogen and oxygen atoms in total. The Kier molecular flexibility index (Phi) is 1.27. The van der Waals surface area contributed by atoms with Crippen LogP contribution in [0.4, 0.5) is 0 Å². The summed E-state index contributed by atoms with van der Waals surface area (Å²) >= 11 is 14.7. The van der Waals surface area contributed by atoms with E-state index in [1.807, 2.05) is 0 Å². The second-order valence-corrected chi connectivity index (χ2v) is 5.27. The summed E-state index contributed by atoms with van der Waals surface area (Å²) in [7, 11) is 0. The normalized spacial score (nSPS) is 39.5. The Labute approximate surface area is 77.2 Å². The lowest BCUT2D eigenvalue weighted by atomic mass is 9.79. The Morgan fingerprint density at radius 2 is 2.00 bits per heavy atom. The van der Waals surface area contributed by atoms with Crippen molar-refractivity contribution in [3.8, 4) is 0 Å². The minimum Gasteiger partial charge on any atom is -0.296 e. The summed E-state index contributed by atoms with van der Waals surface area (Å²) in [6.45, 7) is 0. The number of carbonyl (C=O) groups excluding carboxylic acids is 1. The van der Waals surface area contributed by atoms with E-state index in [4.69, 9.17) is 23.2 Å². The molecular formula is C6H5BrCl2O. The third-order valence-electron chi connectivity index (χ3n) is 2.35. The summed E-state index contributed by atoms with van der Waals surface area (Å²) in [6.07, 6.45) is 1.89. The van der Waals surface area contributed by atoms with Crippen LogP contribution in [-0.4, -0.2) is 14.9 Å². The zero-order chi connectivity index (χ0) is 7.57. The second kappa shape index (κ2) is 1.73. The van der Waals surface area contributed by atoms with E-state index in [-0.39, 0.29) is 16.0 Å². The van der Waals surface area contributed by atoms with E-state index in [1.165, 1.54) is 0 Å². The molecule has 2 aliphatic carbocycles. The first kappa shape index (κ1) is 7.38. The number of halogens is 3. The summed E-state index contributed by atoms with van der Waals surface area (Å²) in [4.78, 5) is 11.2. The molecule has 1 spiro atoms. The quantitative estimate of drug-likeness (QED) is 0.597. The summed E-state index contributed by atoms with van der Waals surface area (Å²) in [6, 6.07) is 0. The highest BCUT2D eigenvalue weighted by Crippen LogP contribution is 2.68. The van der Waals surface area contributed by atoms with E-state index < -0.39 is 4.33 Å². The Hall–Kier alpha value is 0.730. The lowest BCUT2D eigenvalue weighted by molar-refractivity contribution is -0.131. The van der Waals surface area contributed by atoms with E-state index in [0.717, 1.165) is 12.8 Å². The summed E-state index contributed by atoms with van der Waals surface area (Å²) in [5.74, 6) is 0.00482. The van der Waals surface area contributed by atoms with Crippen LogP contribution in [0.3, 0.4) is 0 Å². The van der Waals surface area contributed by atoms with Crippen molar-refractivity contribution in [3.05, 3.63) is 0 Å². The lowest BCUT2D eigenvalue weighted by Crippen LogP contribution is -2.59. The topological polar surface area (TPSA) is 17.1 Å². The van der Waals surface area contributed by atoms with Crippen LogP contribution in [0.5, 0.6) is 0 Å². The SMILES string of the molecule is O=C1C(Cl)(Cl)[C@@H](Br)C12CC2. The Bertz CT molecular complexity index is 202. The standard InChI is InChI=1S/C6H5BrCl2O/c7-3-5(1-2-5)4(10)6(3,8)9/h3H,1-2H2/t3-/m0/s1. The average Bonchev–Trinajstić information content (AvgIpc) is 2.65. The van der Waals surface area contributed by atoms with Gasteiger partial charge in [0.25, 0.3) is 0 Å². The third-order valence-corrected chi connectivity index (χ3v) is 5.22. The monoisotopic (exact) mass is 242 g/mol. The van der Waals surface area contributed by atoms with Gasteiger partial charge in [0.1, 0.15) is 0 Å². The van der Waals surface area contributed by atoms with Gasteiger partial charge in [-0.05, 0) is 12.8 Å². The van der Waals surface area contributed by atoms with Crippen LogP contribution in [0.15, 0.2) is 0 Å². The van der Waals surface area contributed by atoms with Crippen LogP contribution in [0.25, 0.3) is 0 Å². The molecule has 0 unspecified atom stereocenters. The van der Waals surface area contributed by atoms with Gasteiger partial charge in [-0.1, -0.05) is 39.1 Å². The molecule has 2 saturated carbocycles. The molecule has 0 heterocycles. The predicted molar refractivity (Wildman–Crippen MR) is 43.8 cm³/mol. The molecule has 2 aliphatic rings. The molecule has 0 N–H and O–H groups in total. The van der Waals surface area contributed by atoms with Gasteiger partial charge in [0.2, 0.25) is 0 Å². The van der Waals surface area contributed by atoms with Gasteiger partial charge in [0, 0.05) is 5.41 Å². The molecule has 0 saturated heterocycles. The van der Waals surface area contributed by atoms with Gasteiger partial charge in [-0.2, -0.15) is 0 Å². The van der Waals surface area contributed by atoms with Crippen LogP contribution in [0.2, 0.25) is 0 Å². The van der Waals surface area contributed by atoms with Gasteiger partial charge in [-0.15, -0.1) is 0 Å². The fraction of sp³-hybridized carbons (Fsp3) is 0.833. The molecule has 4 heteroatoms. The van der Waals surface area contributed by atoms with E-state index in [2.05, 4.69) is 15.9 Å². The Morgan fingerprint density at radius 3 is 2.20 bits per heavy atom. The molecule has 0 bridgehead atoms. The number of hydrogen-bond acceptors (Lipinski definition) is 1. The van der Waals surface area contributed by atoms with Crippen molar-refractivity contribution in [2.45, 2.75) is 22.0 Å². The van der Waals surface area contributed by atoms with Crippen LogP contribution in [0.1, 0.15) is 12.8 Å². The summed E-state index contributed by atoms with van der Waals surface area (Å²) in [5.41, 5.74) is -0.163. The van der Waals surface area contributed by atoms with Gasteiger partial charge in [-0.3, -0.25) is 4.79 Å². The zero-order valence-electron chi connectivity index (χ0n) is 5.03. The highest BCUT2D eigenvalue weighted by Gasteiger charge is 2.75. The van der Waals surface area contributed by atoms with Crippen LogP contribution < -0.4 is 0 Å². The van der Waals surface area contributed by atoms with E-state index >= 15 is 0 Å². The van der Waals surface area contributed by atoms with E-state index in [0.29, 0.717) is 0 Å². The number of ketones is 1. The van der Waals surface area contributed by atoms with Crippen molar-refractivity contribution in [2.75, 3.05) is 0 Å². The maximum atomic E-state index is 11.2. The molecule has 10 heavy (non-hydrogen) atoms. The maximum Gasteiger partial charge on any atom is 0.189 e.